The third kappa shape index (κ3) is 4.69. The van der Waals surface area contributed by atoms with Gasteiger partial charge < -0.3 is 20.1 Å². The van der Waals surface area contributed by atoms with E-state index in [1.54, 1.807) is 4.90 Å². The SMILES string of the molecule is O=C(NCCC(=O)N1CCSC(C(=O)O)C1)OCC1c2ccccc2-c2ccccc21. The summed E-state index contributed by atoms with van der Waals surface area (Å²) >= 11 is 1.35. The van der Waals surface area contributed by atoms with Crippen LogP contribution in [0.1, 0.15) is 23.5 Å². The van der Waals surface area contributed by atoms with E-state index in [9.17, 15) is 14.4 Å². The average molecular weight is 441 g/mol. The maximum atomic E-state index is 12.3. The van der Waals surface area contributed by atoms with Crippen LogP contribution in [0.2, 0.25) is 0 Å². The highest BCUT2D eigenvalue weighted by Crippen LogP contribution is 2.44. The van der Waals surface area contributed by atoms with Crippen molar-refractivity contribution in [2.24, 2.45) is 0 Å². The van der Waals surface area contributed by atoms with Crippen LogP contribution in [0, 0.1) is 0 Å². The molecule has 1 saturated heterocycles. The third-order valence-corrected chi connectivity index (χ3v) is 6.82. The zero-order valence-corrected chi connectivity index (χ0v) is 17.8. The van der Waals surface area contributed by atoms with Gasteiger partial charge in [-0.2, -0.15) is 0 Å². The van der Waals surface area contributed by atoms with Crippen molar-refractivity contribution in [1.29, 1.82) is 0 Å². The van der Waals surface area contributed by atoms with Crippen LogP contribution in [-0.2, 0) is 14.3 Å². The van der Waals surface area contributed by atoms with Crippen molar-refractivity contribution in [2.75, 3.05) is 32.0 Å². The Labute approximate surface area is 184 Å². The summed E-state index contributed by atoms with van der Waals surface area (Å²) in [5.74, 6) is -0.481. The molecule has 2 amide bonds. The first-order chi connectivity index (χ1) is 15.0. The molecule has 0 spiro atoms. The van der Waals surface area contributed by atoms with Gasteiger partial charge in [0.2, 0.25) is 5.91 Å². The van der Waals surface area contributed by atoms with Gasteiger partial charge >= 0.3 is 12.1 Å². The Hall–Kier alpha value is -3.00. The van der Waals surface area contributed by atoms with Gasteiger partial charge in [0.15, 0.2) is 0 Å². The molecule has 0 radical (unpaired) electrons. The number of ether oxygens (including phenoxy) is 1. The van der Waals surface area contributed by atoms with Crippen molar-refractivity contribution in [1.82, 2.24) is 10.2 Å². The quantitative estimate of drug-likeness (QED) is 0.717. The minimum Gasteiger partial charge on any atom is -0.480 e. The fraction of sp³-hybridized carbons (Fsp3) is 0.348. The van der Waals surface area contributed by atoms with Crippen molar-refractivity contribution in [3.63, 3.8) is 0 Å². The topological polar surface area (TPSA) is 95.9 Å². The molecule has 0 aromatic heterocycles. The molecule has 162 valence electrons. The lowest BCUT2D eigenvalue weighted by Crippen LogP contribution is -2.45. The van der Waals surface area contributed by atoms with Crippen LogP contribution in [-0.4, -0.2) is 65.2 Å². The molecular weight excluding hydrogens is 416 g/mol. The highest BCUT2D eigenvalue weighted by Gasteiger charge is 2.30. The zero-order chi connectivity index (χ0) is 21.8. The fourth-order valence-corrected chi connectivity index (χ4v) is 5.14. The molecule has 1 heterocycles. The number of carbonyl (C=O) groups excluding carboxylic acids is 2. The van der Waals surface area contributed by atoms with Gasteiger partial charge in [-0.1, -0.05) is 48.5 Å². The Bertz CT molecular complexity index is 950. The molecule has 2 aromatic rings. The van der Waals surface area contributed by atoms with E-state index in [4.69, 9.17) is 9.84 Å². The molecule has 1 unspecified atom stereocenters. The predicted molar refractivity (Wildman–Crippen MR) is 118 cm³/mol. The lowest BCUT2D eigenvalue weighted by molar-refractivity contribution is -0.138. The number of carboxylic acid groups (broad SMARTS) is 1. The van der Waals surface area contributed by atoms with Gasteiger partial charge in [-0.05, 0) is 22.3 Å². The number of nitrogens with zero attached hydrogens (tertiary/aromatic N) is 1. The first-order valence-corrected chi connectivity index (χ1v) is 11.3. The highest BCUT2D eigenvalue weighted by atomic mass is 32.2. The van der Waals surface area contributed by atoms with Gasteiger partial charge in [-0.15, -0.1) is 11.8 Å². The molecule has 7 nitrogen and oxygen atoms in total. The number of amides is 2. The number of carbonyl (C=O) groups is 3. The summed E-state index contributed by atoms with van der Waals surface area (Å²) < 4.78 is 5.46. The monoisotopic (exact) mass is 440 g/mol. The van der Waals surface area contributed by atoms with E-state index in [0.29, 0.717) is 12.3 Å². The second kappa shape index (κ2) is 9.43. The molecule has 2 aromatic carbocycles. The van der Waals surface area contributed by atoms with Crippen molar-refractivity contribution in [3.05, 3.63) is 59.7 Å². The largest absolute Gasteiger partial charge is 0.480 e. The lowest BCUT2D eigenvalue weighted by atomic mass is 9.98. The van der Waals surface area contributed by atoms with E-state index in [-0.39, 0.29) is 37.9 Å². The normalized spacial score (nSPS) is 17.5. The van der Waals surface area contributed by atoms with Crippen LogP contribution < -0.4 is 5.32 Å². The molecular formula is C23H24N2O5S. The number of nitrogens with one attached hydrogen (secondary N) is 1. The van der Waals surface area contributed by atoms with Crippen molar-refractivity contribution in [3.8, 4) is 11.1 Å². The van der Waals surface area contributed by atoms with Crippen LogP contribution in [0.15, 0.2) is 48.5 Å². The summed E-state index contributed by atoms with van der Waals surface area (Å²) in [4.78, 5) is 37.2. The second-order valence-corrected chi connectivity index (χ2v) is 8.85. The summed E-state index contributed by atoms with van der Waals surface area (Å²) in [5.41, 5.74) is 4.61. The number of benzene rings is 2. The minimum absolute atomic E-state index is 0.0152. The number of hydrogen-bond donors (Lipinski definition) is 2. The fourth-order valence-electron chi connectivity index (χ4n) is 4.10. The standard InChI is InChI=1S/C23H24N2O5S/c26-21(25-11-12-31-20(13-25)22(27)28)9-10-24-23(29)30-14-19-17-7-3-1-5-15(17)16-6-2-4-8-18(16)19/h1-8,19-20H,9-14H2,(H,24,29)(H,27,28). The van der Waals surface area contributed by atoms with E-state index in [2.05, 4.69) is 29.6 Å². The smallest absolute Gasteiger partial charge is 0.407 e. The number of alkyl carbamates (subject to hydrolysis) is 1. The van der Waals surface area contributed by atoms with Gasteiger partial charge in [-0.25, -0.2) is 4.79 Å². The van der Waals surface area contributed by atoms with Gasteiger partial charge in [0.25, 0.3) is 0 Å². The molecule has 1 aliphatic heterocycles. The first kappa shape index (κ1) is 21.2. The minimum atomic E-state index is -0.903. The van der Waals surface area contributed by atoms with Gasteiger partial charge in [-0.3, -0.25) is 9.59 Å². The summed E-state index contributed by atoms with van der Waals surface area (Å²) in [6.45, 7) is 1.09. The number of rotatable bonds is 6. The number of carboxylic acids is 1. The summed E-state index contributed by atoms with van der Waals surface area (Å²) in [6, 6.07) is 16.2. The number of fused-ring (bicyclic) bond motifs is 3. The number of thioether (sulfide) groups is 1. The number of aliphatic carboxylic acids is 1. The van der Waals surface area contributed by atoms with E-state index >= 15 is 0 Å². The van der Waals surface area contributed by atoms with Gasteiger partial charge in [0.05, 0.1) is 0 Å². The Morgan fingerprint density at radius 3 is 2.35 bits per heavy atom. The Balaban J connectivity index is 1.26. The van der Waals surface area contributed by atoms with Crippen LogP contribution in [0.3, 0.4) is 0 Å². The molecule has 8 heteroatoms. The Morgan fingerprint density at radius 2 is 1.71 bits per heavy atom. The van der Waals surface area contributed by atoms with Crippen LogP contribution in [0.5, 0.6) is 0 Å². The first-order valence-electron chi connectivity index (χ1n) is 10.3. The number of hydrogen-bond acceptors (Lipinski definition) is 5. The second-order valence-electron chi connectivity index (χ2n) is 7.54. The summed E-state index contributed by atoms with van der Waals surface area (Å²) in [5, 5.41) is 11.2. The third-order valence-electron chi connectivity index (χ3n) is 5.65. The van der Waals surface area contributed by atoms with Crippen molar-refractivity contribution < 1.29 is 24.2 Å². The molecule has 31 heavy (non-hydrogen) atoms. The van der Waals surface area contributed by atoms with E-state index in [1.165, 1.54) is 11.8 Å². The Morgan fingerprint density at radius 1 is 1.06 bits per heavy atom. The summed E-state index contributed by atoms with van der Waals surface area (Å²) in [7, 11) is 0. The molecule has 2 N–H and O–H groups in total. The average Bonchev–Trinajstić information content (AvgIpc) is 3.11. The van der Waals surface area contributed by atoms with E-state index in [0.717, 1.165) is 22.3 Å². The molecule has 0 saturated carbocycles. The molecule has 0 bridgehead atoms. The van der Waals surface area contributed by atoms with Gasteiger partial charge in [0.1, 0.15) is 11.9 Å². The van der Waals surface area contributed by atoms with Crippen molar-refractivity contribution >= 4 is 29.7 Å². The highest BCUT2D eigenvalue weighted by molar-refractivity contribution is 8.00. The van der Waals surface area contributed by atoms with Crippen molar-refractivity contribution in [2.45, 2.75) is 17.6 Å². The van der Waals surface area contributed by atoms with Crippen LogP contribution in [0.25, 0.3) is 11.1 Å². The lowest BCUT2D eigenvalue weighted by Gasteiger charge is -2.30. The van der Waals surface area contributed by atoms with Crippen LogP contribution >= 0.6 is 11.8 Å². The van der Waals surface area contributed by atoms with Crippen LogP contribution in [0.4, 0.5) is 4.79 Å². The molecule has 1 atom stereocenters. The van der Waals surface area contributed by atoms with E-state index in [1.807, 2.05) is 24.3 Å². The predicted octanol–water partition coefficient (Wildman–Crippen LogP) is 2.94. The van der Waals surface area contributed by atoms with Gasteiger partial charge in [0, 0.05) is 37.7 Å². The summed E-state index contributed by atoms with van der Waals surface area (Å²) in [6.07, 6.45) is -0.450. The molecule has 1 fully saturated rings. The maximum Gasteiger partial charge on any atom is 0.407 e. The molecule has 2 aliphatic rings. The zero-order valence-electron chi connectivity index (χ0n) is 17.0. The van der Waals surface area contributed by atoms with E-state index < -0.39 is 17.3 Å². The molecule has 4 rings (SSSR count). The maximum absolute atomic E-state index is 12.3. The molecule has 1 aliphatic carbocycles. The Kier molecular flexibility index (Phi) is 6.46.